The number of rotatable bonds is 3. The molecule has 0 atom stereocenters. The Bertz CT molecular complexity index is 676. The molecule has 1 aromatic heterocycles. The number of aromatic nitrogens is 2. The highest BCUT2D eigenvalue weighted by Gasteiger charge is 2.16. The van der Waals surface area contributed by atoms with Gasteiger partial charge in [-0.05, 0) is 19.1 Å². The summed E-state index contributed by atoms with van der Waals surface area (Å²) < 4.78 is 0. The molecule has 0 saturated carbocycles. The summed E-state index contributed by atoms with van der Waals surface area (Å²) in [7, 11) is 1.88. The molecule has 1 heterocycles. The third-order valence-corrected chi connectivity index (χ3v) is 3.49. The summed E-state index contributed by atoms with van der Waals surface area (Å²) in [5, 5.41) is 9.66. The van der Waals surface area contributed by atoms with Gasteiger partial charge in [-0.3, -0.25) is 0 Å². The van der Waals surface area contributed by atoms with E-state index in [9.17, 15) is 5.26 Å². The molecule has 0 radical (unpaired) electrons. The molecule has 102 valence electrons. The van der Waals surface area contributed by atoms with Gasteiger partial charge in [0.1, 0.15) is 22.9 Å². The fourth-order valence-electron chi connectivity index (χ4n) is 1.98. The molecular formula is C15H15ClN4. The Morgan fingerprint density at radius 3 is 2.65 bits per heavy atom. The molecule has 1 aromatic carbocycles. The average Bonchev–Trinajstić information content (AvgIpc) is 2.49. The van der Waals surface area contributed by atoms with Crippen molar-refractivity contribution in [3.8, 4) is 6.07 Å². The first-order valence-corrected chi connectivity index (χ1v) is 6.72. The van der Waals surface area contributed by atoms with Crippen LogP contribution in [0.3, 0.4) is 0 Å². The molecule has 0 aliphatic rings. The lowest BCUT2D eigenvalue weighted by Gasteiger charge is -2.22. The second-order valence-electron chi connectivity index (χ2n) is 4.42. The van der Waals surface area contributed by atoms with Gasteiger partial charge in [0.05, 0.1) is 11.3 Å². The number of nitriles is 1. The van der Waals surface area contributed by atoms with Crippen LogP contribution in [-0.4, -0.2) is 17.0 Å². The minimum atomic E-state index is 0.452. The van der Waals surface area contributed by atoms with Crippen LogP contribution in [0, 0.1) is 18.3 Å². The zero-order valence-electron chi connectivity index (χ0n) is 11.7. The van der Waals surface area contributed by atoms with E-state index in [4.69, 9.17) is 11.6 Å². The van der Waals surface area contributed by atoms with Crippen molar-refractivity contribution in [2.45, 2.75) is 20.3 Å². The summed E-state index contributed by atoms with van der Waals surface area (Å²) >= 11 is 6.16. The normalized spacial score (nSPS) is 10.2. The first kappa shape index (κ1) is 14.3. The maximum Gasteiger partial charge on any atom is 0.140 e. The van der Waals surface area contributed by atoms with Gasteiger partial charge in [-0.1, -0.05) is 30.7 Å². The van der Waals surface area contributed by atoms with Gasteiger partial charge in [-0.25, -0.2) is 9.97 Å². The number of hydrogen-bond acceptors (Lipinski definition) is 4. The van der Waals surface area contributed by atoms with Gasteiger partial charge in [-0.2, -0.15) is 5.26 Å². The SMILES string of the molecule is CCc1nc(Cl)c(C)c(N(C)c2ccccc2C#N)n1. The molecule has 0 amide bonds. The number of anilines is 2. The van der Waals surface area contributed by atoms with Crippen molar-refractivity contribution in [2.24, 2.45) is 0 Å². The number of halogens is 1. The lowest BCUT2D eigenvalue weighted by Crippen LogP contribution is -2.16. The van der Waals surface area contributed by atoms with E-state index >= 15 is 0 Å². The Hall–Kier alpha value is -2.12. The maximum absolute atomic E-state index is 9.20. The van der Waals surface area contributed by atoms with Gasteiger partial charge >= 0.3 is 0 Å². The largest absolute Gasteiger partial charge is 0.328 e. The van der Waals surface area contributed by atoms with Crippen molar-refractivity contribution in [3.05, 3.63) is 46.4 Å². The highest BCUT2D eigenvalue weighted by atomic mass is 35.5. The molecule has 0 aliphatic heterocycles. The second kappa shape index (κ2) is 5.89. The van der Waals surface area contributed by atoms with Gasteiger partial charge < -0.3 is 4.90 Å². The minimum absolute atomic E-state index is 0.452. The van der Waals surface area contributed by atoms with Gasteiger partial charge in [0.25, 0.3) is 0 Å². The first-order chi connectivity index (χ1) is 9.58. The van der Waals surface area contributed by atoms with E-state index in [-0.39, 0.29) is 0 Å². The van der Waals surface area contributed by atoms with Crippen molar-refractivity contribution in [1.82, 2.24) is 9.97 Å². The third kappa shape index (κ3) is 2.59. The van der Waals surface area contributed by atoms with Gasteiger partial charge in [0, 0.05) is 19.0 Å². The molecule has 0 N–H and O–H groups in total. The summed E-state index contributed by atoms with van der Waals surface area (Å²) in [5.41, 5.74) is 2.20. The fourth-order valence-corrected chi connectivity index (χ4v) is 2.16. The molecule has 5 heteroatoms. The van der Waals surface area contributed by atoms with Crippen molar-refractivity contribution < 1.29 is 0 Å². The molecule has 0 spiro atoms. The maximum atomic E-state index is 9.20. The smallest absolute Gasteiger partial charge is 0.140 e. The molecule has 0 unspecified atom stereocenters. The fraction of sp³-hybridized carbons (Fsp3) is 0.267. The topological polar surface area (TPSA) is 52.8 Å². The Labute approximate surface area is 123 Å². The molecule has 20 heavy (non-hydrogen) atoms. The second-order valence-corrected chi connectivity index (χ2v) is 4.78. The zero-order chi connectivity index (χ0) is 14.7. The molecule has 0 fully saturated rings. The zero-order valence-corrected chi connectivity index (χ0v) is 12.4. The molecule has 0 aliphatic carbocycles. The highest BCUT2D eigenvalue weighted by Crippen LogP contribution is 2.30. The molecular weight excluding hydrogens is 272 g/mol. The minimum Gasteiger partial charge on any atom is -0.328 e. The predicted molar refractivity (Wildman–Crippen MR) is 80.4 cm³/mol. The Balaban J connectivity index is 2.56. The van der Waals surface area contributed by atoms with Crippen LogP contribution in [0.2, 0.25) is 5.15 Å². The van der Waals surface area contributed by atoms with Crippen molar-refractivity contribution in [2.75, 3.05) is 11.9 Å². The average molecular weight is 287 g/mol. The van der Waals surface area contributed by atoms with Gasteiger partial charge in [-0.15, -0.1) is 0 Å². The van der Waals surface area contributed by atoms with Gasteiger partial charge in [0.15, 0.2) is 0 Å². The first-order valence-electron chi connectivity index (χ1n) is 6.34. The van der Waals surface area contributed by atoms with E-state index in [1.807, 2.05) is 44.0 Å². The van der Waals surface area contributed by atoms with E-state index < -0.39 is 0 Å². The number of para-hydroxylation sites is 1. The van der Waals surface area contributed by atoms with Crippen LogP contribution in [0.15, 0.2) is 24.3 Å². The Morgan fingerprint density at radius 1 is 1.30 bits per heavy atom. The van der Waals surface area contributed by atoms with Crippen molar-refractivity contribution >= 4 is 23.1 Å². The monoisotopic (exact) mass is 286 g/mol. The van der Waals surface area contributed by atoms with Crippen LogP contribution >= 0.6 is 11.6 Å². The van der Waals surface area contributed by atoms with Crippen molar-refractivity contribution in [1.29, 1.82) is 5.26 Å². The van der Waals surface area contributed by atoms with E-state index in [1.54, 1.807) is 6.07 Å². The van der Waals surface area contributed by atoms with E-state index in [1.165, 1.54) is 0 Å². The van der Waals surface area contributed by atoms with Crippen molar-refractivity contribution in [3.63, 3.8) is 0 Å². The van der Waals surface area contributed by atoms with Crippen LogP contribution < -0.4 is 4.90 Å². The standard InChI is InChI=1S/C15H15ClN4/c1-4-13-18-14(16)10(2)15(19-13)20(3)12-8-6-5-7-11(12)9-17/h5-8H,4H2,1-3H3. The van der Waals surface area contributed by atoms with E-state index in [0.29, 0.717) is 23.0 Å². The summed E-state index contributed by atoms with van der Waals surface area (Å²) in [6, 6.07) is 9.60. The lowest BCUT2D eigenvalue weighted by molar-refractivity contribution is 0.914. The summed E-state index contributed by atoms with van der Waals surface area (Å²) in [6.45, 7) is 3.86. The number of benzene rings is 1. The van der Waals surface area contributed by atoms with Crippen LogP contribution in [0.1, 0.15) is 23.9 Å². The van der Waals surface area contributed by atoms with Crippen LogP contribution in [0.5, 0.6) is 0 Å². The quantitative estimate of drug-likeness (QED) is 0.808. The van der Waals surface area contributed by atoms with E-state index in [0.717, 1.165) is 17.1 Å². The number of aryl methyl sites for hydroxylation is 1. The number of nitrogens with zero attached hydrogens (tertiary/aromatic N) is 4. The van der Waals surface area contributed by atoms with Gasteiger partial charge in [0.2, 0.25) is 0 Å². The highest BCUT2D eigenvalue weighted by molar-refractivity contribution is 6.30. The number of hydrogen-bond donors (Lipinski definition) is 0. The summed E-state index contributed by atoms with van der Waals surface area (Å²) in [6.07, 6.45) is 0.709. The van der Waals surface area contributed by atoms with Crippen LogP contribution in [0.4, 0.5) is 11.5 Å². The van der Waals surface area contributed by atoms with Crippen LogP contribution in [0.25, 0.3) is 0 Å². The lowest BCUT2D eigenvalue weighted by atomic mass is 10.1. The van der Waals surface area contributed by atoms with E-state index in [2.05, 4.69) is 16.0 Å². The molecule has 0 bridgehead atoms. The summed E-state index contributed by atoms with van der Waals surface area (Å²) in [5.74, 6) is 1.42. The third-order valence-electron chi connectivity index (χ3n) is 3.13. The molecule has 2 aromatic rings. The molecule has 0 saturated heterocycles. The summed E-state index contributed by atoms with van der Waals surface area (Å²) in [4.78, 5) is 10.6. The molecule has 2 rings (SSSR count). The Morgan fingerprint density at radius 2 is 2.00 bits per heavy atom. The molecule has 4 nitrogen and oxygen atoms in total. The Kier molecular flexibility index (Phi) is 4.21. The van der Waals surface area contributed by atoms with Crippen LogP contribution in [-0.2, 0) is 6.42 Å². The predicted octanol–water partition coefficient (Wildman–Crippen LogP) is 3.64.